The number of benzene rings is 2. The summed E-state index contributed by atoms with van der Waals surface area (Å²) in [6.07, 6.45) is 0. The van der Waals surface area contributed by atoms with Gasteiger partial charge in [-0.2, -0.15) is 0 Å². The summed E-state index contributed by atoms with van der Waals surface area (Å²) >= 11 is 6.06. The summed E-state index contributed by atoms with van der Waals surface area (Å²) in [5.74, 6) is 0.330. The Balaban J connectivity index is 1.98. The van der Waals surface area contributed by atoms with Gasteiger partial charge in [0, 0.05) is 5.02 Å². The number of carbonyl (C=O) groups is 1. The molecule has 0 fully saturated rings. The summed E-state index contributed by atoms with van der Waals surface area (Å²) in [6.45, 7) is 4.64. The van der Waals surface area contributed by atoms with Crippen molar-refractivity contribution in [2.45, 2.75) is 26.4 Å². The molecule has 1 amide bonds. The number of carbonyl (C=O) groups excluding carboxylic acids is 1. The molecule has 0 aliphatic carbocycles. The Bertz CT molecular complexity index is 699. The van der Waals surface area contributed by atoms with Crippen molar-refractivity contribution in [1.82, 2.24) is 0 Å². The highest BCUT2D eigenvalue weighted by Gasteiger charge is 2.33. The minimum absolute atomic E-state index is 0.105. The van der Waals surface area contributed by atoms with Gasteiger partial charge in [-0.1, -0.05) is 49.7 Å². The molecule has 2 aromatic rings. The first-order valence-corrected chi connectivity index (χ1v) is 7.85. The zero-order chi connectivity index (χ0) is 15.7. The second-order valence-corrected chi connectivity index (χ2v) is 6.37. The maximum absolute atomic E-state index is 12.8. The predicted molar refractivity (Wildman–Crippen MR) is 91.3 cm³/mol. The number of hydrogen-bond acceptors (Lipinski definition) is 2. The second-order valence-electron chi connectivity index (χ2n) is 5.94. The largest absolute Gasteiger partial charge is 0.372 e. The quantitative estimate of drug-likeness (QED) is 0.915. The molecule has 2 aromatic carbocycles. The Kier molecular flexibility index (Phi) is 4.08. The standard InChI is InChI=1S/C18H19ClN2O/c1-12(2)17-18(22)21(11-13-6-5-7-14(19)10-13)16-9-4-3-8-15(16)20-17/h3-10,12,17,20H,11H2,1-2H3. The molecule has 0 radical (unpaired) electrons. The third-order valence-electron chi connectivity index (χ3n) is 3.93. The van der Waals surface area contributed by atoms with Crippen LogP contribution in [0.5, 0.6) is 0 Å². The fraction of sp³-hybridized carbons (Fsp3) is 0.278. The molecule has 1 heterocycles. The molecule has 1 N–H and O–H groups in total. The Morgan fingerprint density at radius 1 is 1.18 bits per heavy atom. The molecule has 1 unspecified atom stereocenters. The number of rotatable bonds is 3. The van der Waals surface area contributed by atoms with Crippen LogP contribution in [0.2, 0.25) is 5.02 Å². The predicted octanol–water partition coefficient (Wildman–Crippen LogP) is 4.32. The van der Waals surface area contributed by atoms with Crippen molar-refractivity contribution in [2.24, 2.45) is 5.92 Å². The summed E-state index contributed by atoms with van der Waals surface area (Å²) in [5, 5.41) is 4.04. The van der Waals surface area contributed by atoms with E-state index in [-0.39, 0.29) is 17.9 Å². The van der Waals surface area contributed by atoms with Gasteiger partial charge in [-0.3, -0.25) is 4.79 Å². The third kappa shape index (κ3) is 2.81. The van der Waals surface area contributed by atoms with Gasteiger partial charge < -0.3 is 10.2 Å². The monoisotopic (exact) mass is 314 g/mol. The summed E-state index contributed by atoms with van der Waals surface area (Å²) in [6, 6.07) is 15.4. The Morgan fingerprint density at radius 3 is 2.68 bits per heavy atom. The van der Waals surface area contributed by atoms with Gasteiger partial charge in [0.1, 0.15) is 6.04 Å². The van der Waals surface area contributed by atoms with E-state index in [2.05, 4.69) is 19.2 Å². The Hall–Kier alpha value is -2.00. The van der Waals surface area contributed by atoms with Crippen LogP contribution in [-0.2, 0) is 11.3 Å². The summed E-state index contributed by atoms with van der Waals surface area (Å²) in [7, 11) is 0. The first-order chi connectivity index (χ1) is 10.6. The lowest BCUT2D eigenvalue weighted by Crippen LogP contribution is -2.49. The minimum Gasteiger partial charge on any atom is -0.372 e. The molecule has 0 saturated carbocycles. The van der Waals surface area contributed by atoms with Gasteiger partial charge in [0.25, 0.3) is 0 Å². The lowest BCUT2D eigenvalue weighted by Gasteiger charge is -2.37. The molecule has 1 aliphatic heterocycles. The molecular formula is C18H19ClN2O. The highest BCUT2D eigenvalue weighted by molar-refractivity contribution is 6.30. The molecule has 0 spiro atoms. The molecular weight excluding hydrogens is 296 g/mol. The summed E-state index contributed by atoms with van der Waals surface area (Å²) in [4.78, 5) is 14.7. The van der Waals surface area contributed by atoms with Crippen LogP contribution >= 0.6 is 11.6 Å². The van der Waals surface area contributed by atoms with Crippen molar-refractivity contribution in [3.05, 3.63) is 59.1 Å². The zero-order valence-electron chi connectivity index (χ0n) is 12.7. The number of hydrogen-bond donors (Lipinski definition) is 1. The minimum atomic E-state index is -0.200. The number of para-hydroxylation sites is 2. The van der Waals surface area contributed by atoms with Crippen LogP contribution in [0, 0.1) is 5.92 Å². The van der Waals surface area contributed by atoms with Gasteiger partial charge >= 0.3 is 0 Å². The van der Waals surface area contributed by atoms with Crippen molar-refractivity contribution in [1.29, 1.82) is 0 Å². The van der Waals surface area contributed by atoms with Gasteiger partial charge in [-0.05, 0) is 35.7 Å². The number of fused-ring (bicyclic) bond motifs is 1. The first kappa shape index (κ1) is 14.9. The molecule has 4 heteroatoms. The normalized spacial score (nSPS) is 17.4. The van der Waals surface area contributed by atoms with E-state index in [1.807, 2.05) is 53.4 Å². The molecule has 1 atom stereocenters. The fourth-order valence-corrected chi connectivity index (χ4v) is 2.99. The van der Waals surface area contributed by atoms with Crippen LogP contribution in [0.15, 0.2) is 48.5 Å². The van der Waals surface area contributed by atoms with E-state index in [1.54, 1.807) is 0 Å². The van der Waals surface area contributed by atoms with Crippen molar-refractivity contribution in [3.63, 3.8) is 0 Å². The highest BCUT2D eigenvalue weighted by atomic mass is 35.5. The van der Waals surface area contributed by atoms with Crippen LogP contribution in [-0.4, -0.2) is 11.9 Å². The van der Waals surface area contributed by atoms with Crippen molar-refractivity contribution < 1.29 is 4.79 Å². The number of anilines is 2. The fourth-order valence-electron chi connectivity index (χ4n) is 2.78. The second kappa shape index (κ2) is 6.01. The summed E-state index contributed by atoms with van der Waals surface area (Å²) < 4.78 is 0. The first-order valence-electron chi connectivity index (χ1n) is 7.47. The smallest absolute Gasteiger partial charge is 0.250 e. The van der Waals surface area contributed by atoms with E-state index in [0.29, 0.717) is 11.6 Å². The van der Waals surface area contributed by atoms with Gasteiger partial charge in [-0.25, -0.2) is 0 Å². The van der Waals surface area contributed by atoms with E-state index >= 15 is 0 Å². The number of halogens is 1. The number of nitrogens with one attached hydrogen (secondary N) is 1. The number of amides is 1. The highest BCUT2D eigenvalue weighted by Crippen LogP contribution is 2.34. The van der Waals surface area contributed by atoms with Crippen LogP contribution in [0.3, 0.4) is 0 Å². The Labute approximate surface area is 135 Å². The van der Waals surface area contributed by atoms with E-state index in [9.17, 15) is 4.79 Å². The maximum Gasteiger partial charge on any atom is 0.250 e. The van der Waals surface area contributed by atoms with E-state index in [0.717, 1.165) is 16.9 Å². The van der Waals surface area contributed by atoms with Gasteiger partial charge in [-0.15, -0.1) is 0 Å². The lowest BCUT2D eigenvalue weighted by atomic mass is 9.98. The molecule has 0 saturated heterocycles. The topological polar surface area (TPSA) is 32.3 Å². The zero-order valence-corrected chi connectivity index (χ0v) is 13.5. The van der Waals surface area contributed by atoms with Gasteiger partial charge in [0.2, 0.25) is 5.91 Å². The van der Waals surface area contributed by atoms with Crippen molar-refractivity contribution in [2.75, 3.05) is 10.2 Å². The molecule has 0 bridgehead atoms. The van der Waals surface area contributed by atoms with Crippen molar-refractivity contribution >= 4 is 28.9 Å². The summed E-state index contributed by atoms with van der Waals surface area (Å²) in [5.41, 5.74) is 2.95. The van der Waals surface area contributed by atoms with Gasteiger partial charge in [0.15, 0.2) is 0 Å². The van der Waals surface area contributed by atoms with Crippen LogP contribution < -0.4 is 10.2 Å². The molecule has 114 valence electrons. The Morgan fingerprint density at radius 2 is 1.95 bits per heavy atom. The lowest BCUT2D eigenvalue weighted by molar-refractivity contribution is -0.120. The average Bonchev–Trinajstić information content (AvgIpc) is 2.49. The third-order valence-corrected chi connectivity index (χ3v) is 4.17. The SMILES string of the molecule is CC(C)C1Nc2ccccc2N(Cc2cccc(Cl)c2)C1=O. The number of nitrogens with zero attached hydrogens (tertiary/aromatic N) is 1. The molecule has 3 nitrogen and oxygen atoms in total. The van der Waals surface area contributed by atoms with Crippen LogP contribution in [0.25, 0.3) is 0 Å². The maximum atomic E-state index is 12.8. The van der Waals surface area contributed by atoms with Crippen LogP contribution in [0.1, 0.15) is 19.4 Å². The van der Waals surface area contributed by atoms with Gasteiger partial charge in [0.05, 0.1) is 17.9 Å². The molecule has 22 heavy (non-hydrogen) atoms. The van der Waals surface area contributed by atoms with E-state index in [4.69, 9.17) is 11.6 Å². The molecule has 1 aliphatic rings. The van der Waals surface area contributed by atoms with E-state index < -0.39 is 0 Å². The average molecular weight is 315 g/mol. The van der Waals surface area contributed by atoms with Crippen molar-refractivity contribution in [3.8, 4) is 0 Å². The van der Waals surface area contributed by atoms with E-state index in [1.165, 1.54) is 0 Å². The molecule has 3 rings (SSSR count). The molecule has 0 aromatic heterocycles. The van der Waals surface area contributed by atoms with Crippen LogP contribution in [0.4, 0.5) is 11.4 Å².